The second kappa shape index (κ2) is 16.3. The number of esters is 1. The smallest absolute Gasteiger partial charge is 0.302 e. The molecule has 12 nitrogen and oxygen atoms in total. The number of aliphatic hydroxyl groups excluding tert-OH is 2. The highest BCUT2D eigenvalue weighted by molar-refractivity contribution is 5.77. The Bertz CT molecular complexity index is 1380. The van der Waals surface area contributed by atoms with Crippen LogP contribution in [-0.2, 0) is 22.6 Å². The van der Waals surface area contributed by atoms with Crippen LogP contribution in [-0.4, -0.2) is 114 Å². The van der Waals surface area contributed by atoms with Crippen LogP contribution in [0.1, 0.15) is 69.4 Å². The number of nitrogens with zero attached hydrogens (tertiary/aromatic N) is 3. The molecule has 1 spiro atoms. The maximum Gasteiger partial charge on any atom is 0.302 e. The van der Waals surface area contributed by atoms with Crippen molar-refractivity contribution in [2.45, 2.75) is 89.6 Å². The van der Waals surface area contributed by atoms with Gasteiger partial charge in [0.25, 0.3) is 0 Å². The number of phenolic OH excluding ortho intramolecular Hbond substituents is 1. The summed E-state index contributed by atoms with van der Waals surface area (Å²) >= 11 is 0. The van der Waals surface area contributed by atoms with Crippen molar-refractivity contribution < 1.29 is 29.6 Å². The first-order valence-corrected chi connectivity index (χ1v) is 18.3. The van der Waals surface area contributed by atoms with Crippen molar-refractivity contribution in [2.75, 3.05) is 59.0 Å². The zero-order valence-corrected chi connectivity index (χ0v) is 29.0. The fourth-order valence-electron chi connectivity index (χ4n) is 8.67. The number of ether oxygens (including phenoxy) is 2. The Morgan fingerprint density at radius 1 is 1.08 bits per heavy atom. The third-order valence-electron chi connectivity index (χ3n) is 11.2. The van der Waals surface area contributed by atoms with Gasteiger partial charge in [-0.1, -0.05) is 5.92 Å². The van der Waals surface area contributed by atoms with Crippen molar-refractivity contribution in [3.05, 3.63) is 23.3 Å². The zero-order valence-electron chi connectivity index (χ0n) is 29.0. The molecule has 49 heavy (non-hydrogen) atoms. The molecule has 0 amide bonds. The molecule has 0 saturated carbocycles. The first-order valence-electron chi connectivity index (χ1n) is 18.3. The van der Waals surface area contributed by atoms with Crippen LogP contribution in [0.3, 0.4) is 0 Å². The van der Waals surface area contributed by atoms with Crippen LogP contribution in [0, 0.1) is 35.0 Å². The predicted molar refractivity (Wildman–Crippen MR) is 187 cm³/mol. The molecule has 7 rings (SSSR count). The number of rotatable bonds is 6. The molecule has 0 radical (unpaired) electrons. The molecule has 5 heterocycles. The van der Waals surface area contributed by atoms with E-state index in [1.807, 2.05) is 6.07 Å². The summed E-state index contributed by atoms with van der Waals surface area (Å²) in [5, 5.41) is 39.2. The van der Waals surface area contributed by atoms with Gasteiger partial charge < -0.3 is 46.1 Å². The van der Waals surface area contributed by atoms with Crippen LogP contribution in [0.15, 0.2) is 17.1 Å². The Labute approximate surface area is 290 Å². The molecular formula is C37H56N6O6. The number of hydrogen-bond acceptors (Lipinski definition) is 12. The van der Waals surface area contributed by atoms with Gasteiger partial charge in [-0.3, -0.25) is 9.69 Å². The van der Waals surface area contributed by atoms with Gasteiger partial charge in [-0.25, -0.2) is 4.99 Å². The number of piperidine rings is 3. The molecule has 6 atom stereocenters. The third kappa shape index (κ3) is 9.58. The number of nitrogens with one attached hydrogen (secondary N) is 2. The van der Waals surface area contributed by atoms with E-state index in [2.05, 4.69) is 37.3 Å². The zero-order chi connectivity index (χ0) is 34.4. The van der Waals surface area contributed by atoms with Crippen molar-refractivity contribution in [2.24, 2.45) is 33.9 Å². The molecule has 6 aliphatic rings. The highest BCUT2D eigenvalue weighted by Gasteiger charge is 2.37. The van der Waals surface area contributed by atoms with Gasteiger partial charge in [0.15, 0.2) is 17.5 Å². The number of aromatic hydroxyl groups is 1. The predicted octanol–water partition coefficient (Wildman–Crippen LogP) is 1.55. The monoisotopic (exact) mass is 680 g/mol. The highest BCUT2D eigenvalue weighted by Crippen LogP contribution is 2.37. The molecule has 12 heteroatoms. The molecule has 270 valence electrons. The molecular weight excluding hydrogens is 624 g/mol. The Balaban J connectivity index is 1.28. The summed E-state index contributed by atoms with van der Waals surface area (Å²) in [4.78, 5) is 22.1. The Hall–Kier alpha value is -3.08. The topological polar surface area (TPSA) is 165 Å². The van der Waals surface area contributed by atoms with Gasteiger partial charge >= 0.3 is 5.97 Å². The summed E-state index contributed by atoms with van der Waals surface area (Å²) in [6, 6.07) is 3.38. The van der Waals surface area contributed by atoms with Crippen LogP contribution in [0.2, 0.25) is 0 Å². The average Bonchev–Trinajstić information content (AvgIpc) is 3.08. The summed E-state index contributed by atoms with van der Waals surface area (Å²) in [6.45, 7) is 9.18. The highest BCUT2D eigenvalue weighted by atomic mass is 16.5. The summed E-state index contributed by atoms with van der Waals surface area (Å²) in [5.74, 6) is 8.60. The second-order valence-corrected chi connectivity index (χ2v) is 15.2. The van der Waals surface area contributed by atoms with E-state index in [9.17, 15) is 20.1 Å². The van der Waals surface area contributed by atoms with E-state index in [1.165, 1.54) is 13.3 Å². The number of carbonyl (C=O) groups is 1. The quantitative estimate of drug-likeness (QED) is 0.191. The molecule has 5 aliphatic heterocycles. The summed E-state index contributed by atoms with van der Waals surface area (Å²) in [7, 11) is 0. The van der Waals surface area contributed by atoms with E-state index in [0.717, 1.165) is 70.6 Å². The molecule has 4 bridgehead atoms. The van der Waals surface area contributed by atoms with Gasteiger partial charge in [0.05, 0.1) is 24.8 Å². The number of aliphatic imine (C=N–C) groups is 1. The minimum Gasteiger partial charge on any atom is -0.504 e. The standard InChI is InChI=1S/C37H56N6O6/c1-25(45)48-34-17-31(46)4-8-37(9-12-42-18-26-13-27(19-42)21-43(20-26)24-41-36(38)40-23-37)7-2-3-28(34)14-29-16-35(33(47)15-30(29)22-44)49-32-5-10-39-11-6-32/h15-16,26-28,31-32,34,39,44,46-47H,3-6,8-14,17-24H2,1H3,(H3,38,40,41). The lowest BCUT2D eigenvalue weighted by Gasteiger charge is -2.46. The lowest BCUT2D eigenvalue weighted by Crippen LogP contribution is -2.53. The molecule has 7 N–H and O–H groups in total. The number of hydrogen-bond donors (Lipinski definition) is 6. The average molecular weight is 681 g/mol. The van der Waals surface area contributed by atoms with E-state index in [0.29, 0.717) is 68.0 Å². The van der Waals surface area contributed by atoms with Gasteiger partial charge in [-0.2, -0.15) is 0 Å². The summed E-state index contributed by atoms with van der Waals surface area (Å²) < 4.78 is 12.1. The number of nitrogens with two attached hydrogens (primary N) is 1. The Morgan fingerprint density at radius 3 is 2.57 bits per heavy atom. The number of guanidine groups is 1. The lowest BCUT2D eigenvalue weighted by atomic mass is 9.76. The number of benzene rings is 1. The minimum atomic E-state index is -0.699. The number of carbonyl (C=O) groups excluding carboxylic acids is 1. The maximum absolute atomic E-state index is 12.3. The molecule has 0 aromatic heterocycles. The Morgan fingerprint density at radius 2 is 1.84 bits per heavy atom. The number of phenols is 1. The van der Waals surface area contributed by atoms with Crippen molar-refractivity contribution in [1.82, 2.24) is 20.4 Å². The molecule has 1 aliphatic carbocycles. The first-order chi connectivity index (χ1) is 23.7. The van der Waals surface area contributed by atoms with Crippen LogP contribution in [0.4, 0.5) is 0 Å². The molecule has 3 fully saturated rings. The van der Waals surface area contributed by atoms with E-state index in [-0.39, 0.29) is 30.8 Å². The molecule has 6 unspecified atom stereocenters. The van der Waals surface area contributed by atoms with Crippen LogP contribution in [0.25, 0.3) is 0 Å². The van der Waals surface area contributed by atoms with Crippen LogP contribution in [0.5, 0.6) is 11.5 Å². The normalized spacial score (nSPS) is 34.3. The van der Waals surface area contributed by atoms with E-state index < -0.39 is 23.6 Å². The van der Waals surface area contributed by atoms with E-state index in [1.54, 1.807) is 6.07 Å². The van der Waals surface area contributed by atoms with Crippen LogP contribution >= 0.6 is 0 Å². The fraction of sp³-hybridized carbons (Fsp3) is 0.730. The maximum atomic E-state index is 12.3. The lowest BCUT2D eigenvalue weighted by molar-refractivity contribution is -0.151. The van der Waals surface area contributed by atoms with Crippen molar-refractivity contribution in [1.29, 1.82) is 0 Å². The largest absolute Gasteiger partial charge is 0.504 e. The summed E-state index contributed by atoms with van der Waals surface area (Å²) in [6.07, 6.45) is 4.84. The van der Waals surface area contributed by atoms with Crippen LogP contribution < -0.4 is 21.1 Å². The van der Waals surface area contributed by atoms with Gasteiger partial charge in [-0.15, -0.1) is 5.92 Å². The Kier molecular flexibility index (Phi) is 11.9. The van der Waals surface area contributed by atoms with Gasteiger partial charge in [-0.05, 0) is 99.7 Å². The van der Waals surface area contributed by atoms with Gasteiger partial charge in [0.1, 0.15) is 12.2 Å². The molecule has 1 aromatic rings. The molecule has 3 saturated heterocycles. The van der Waals surface area contributed by atoms with E-state index in [4.69, 9.17) is 15.2 Å². The van der Waals surface area contributed by atoms with Crippen molar-refractivity contribution in [3.8, 4) is 23.3 Å². The van der Waals surface area contributed by atoms with Gasteiger partial charge in [0.2, 0.25) is 0 Å². The minimum absolute atomic E-state index is 0.00563. The third-order valence-corrected chi connectivity index (χ3v) is 11.2. The SMILES string of the molecule is CC(=O)OC1CC(O)CCC2(C#CCC1Cc1cc(OC3CCNCC3)c(O)cc1CO)CCN1CC3CC(C1)CN(CN=C(N)NC2)C3. The summed E-state index contributed by atoms with van der Waals surface area (Å²) in [5.41, 5.74) is 7.35. The van der Waals surface area contributed by atoms with E-state index >= 15 is 0 Å². The number of fused-ring (bicyclic) bond motifs is 4. The van der Waals surface area contributed by atoms with Gasteiger partial charge in [0, 0.05) is 58.4 Å². The fourth-order valence-corrected chi connectivity index (χ4v) is 8.67. The molecule has 1 aromatic carbocycles. The first kappa shape index (κ1) is 35.7. The van der Waals surface area contributed by atoms with Crippen molar-refractivity contribution >= 4 is 11.9 Å². The second-order valence-electron chi connectivity index (χ2n) is 15.2. The van der Waals surface area contributed by atoms with Crippen molar-refractivity contribution in [3.63, 3.8) is 0 Å². The number of aliphatic hydroxyl groups is 2.